The maximum atomic E-state index is 12.2. The lowest BCUT2D eigenvalue weighted by molar-refractivity contribution is -0.118. The van der Waals surface area contributed by atoms with Gasteiger partial charge in [0.1, 0.15) is 0 Å². The summed E-state index contributed by atoms with van der Waals surface area (Å²) in [6.45, 7) is 0.906. The van der Waals surface area contributed by atoms with Crippen molar-refractivity contribution in [2.24, 2.45) is 17.8 Å². The van der Waals surface area contributed by atoms with E-state index in [1.807, 2.05) is 12.1 Å². The van der Waals surface area contributed by atoms with Gasteiger partial charge in [-0.25, -0.2) is 0 Å². The number of amides is 1. The zero-order chi connectivity index (χ0) is 13.5. The number of hydrogen-bond acceptors (Lipinski definition) is 2. The van der Waals surface area contributed by atoms with E-state index in [2.05, 4.69) is 22.8 Å². The third-order valence-electron chi connectivity index (χ3n) is 5.08. The molecule has 0 saturated heterocycles. The molecule has 20 heavy (non-hydrogen) atoms. The molecule has 1 amide bonds. The topological polar surface area (TPSA) is 41.1 Å². The van der Waals surface area contributed by atoms with Gasteiger partial charge < -0.3 is 10.6 Å². The van der Waals surface area contributed by atoms with E-state index in [1.165, 1.54) is 37.7 Å². The Morgan fingerprint density at radius 3 is 2.70 bits per heavy atom. The van der Waals surface area contributed by atoms with Gasteiger partial charge >= 0.3 is 0 Å². The van der Waals surface area contributed by atoms with E-state index < -0.39 is 0 Å². The van der Waals surface area contributed by atoms with E-state index in [4.69, 9.17) is 0 Å². The summed E-state index contributed by atoms with van der Waals surface area (Å²) in [6.07, 6.45) is 6.45. The van der Waals surface area contributed by atoms with Gasteiger partial charge in [0.2, 0.25) is 5.91 Å². The van der Waals surface area contributed by atoms with Crippen LogP contribution in [0.3, 0.4) is 0 Å². The molecule has 1 aromatic carbocycles. The molecule has 3 saturated carbocycles. The minimum atomic E-state index is 0.243. The summed E-state index contributed by atoms with van der Waals surface area (Å²) >= 11 is 0. The van der Waals surface area contributed by atoms with Gasteiger partial charge in [0.15, 0.2) is 0 Å². The maximum absolute atomic E-state index is 12.2. The molecule has 0 spiro atoms. The monoisotopic (exact) mass is 270 g/mol. The van der Waals surface area contributed by atoms with Crippen molar-refractivity contribution < 1.29 is 4.79 Å². The van der Waals surface area contributed by atoms with Gasteiger partial charge in [-0.2, -0.15) is 0 Å². The molecule has 0 aliphatic heterocycles. The minimum Gasteiger partial charge on any atom is -0.326 e. The number of rotatable bonds is 5. The zero-order valence-electron chi connectivity index (χ0n) is 11.8. The predicted molar refractivity (Wildman–Crippen MR) is 79.3 cm³/mol. The standard InChI is InChI=1S/C17H22N2O/c20-17(16-14-5-2-6-15(14)16)19-13-4-1-3-11(9-13)10-18-12-7-8-12/h1,3-4,9,12,14-16,18H,2,5-8,10H2,(H,19,20). The molecule has 3 aliphatic rings. The predicted octanol–water partition coefficient (Wildman–Crippen LogP) is 2.92. The number of carbonyl (C=O) groups excluding carboxylic acids is 1. The first-order chi connectivity index (χ1) is 9.81. The molecule has 1 aromatic rings. The van der Waals surface area contributed by atoms with Crippen molar-refractivity contribution in [3.8, 4) is 0 Å². The third-order valence-corrected chi connectivity index (χ3v) is 5.08. The van der Waals surface area contributed by atoms with Crippen molar-refractivity contribution >= 4 is 11.6 Å². The Morgan fingerprint density at radius 2 is 1.95 bits per heavy atom. The van der Waals surface area contributed by atoms with Crippen LogP contribution in [0, 0.1) is 17.8 Å². The highest BCUT2D eigenvalue weighted by Crippen LogP contribution is 2.57. The molecule has 4 rings (SSSR count). The van der Waals surface area contributed by atoms with Crippen LogP contribution in [0.5, 0.6) is 0 Å². The largest absolute Gasteiger partial charge is 0.326 e. The first-order valence-electron chi connectivity index (χ1n) is 7.94. The summed E-state index contributed by atoms with van der Waals surface area (Å²) in [4.78, 5) is 12.2. The second kappa shape index (κ2) is 4.88. The number of carbonyl (C=O) groups is 1. The van der Waals surface area contributed by atoms with E-state index in [0.29, 0.717) is 17.8 Å². The van der Waals surface area contributed by atoms with Crippen LogP contribution in [0.15, 0.2) is 24.3 Å². The lowest BCUT2D eigenvalue weighted by atomic mass is 10.1. The van der Waals surface area contributed by atoms with Gasteiger partial charge in [0.05, 0.1) is 0 Å². The average Bonchev–Trinajstić information content (AvgIpc) is 3.36. The highest BCUT2D eigenvalue weighted by atomic mass is 16.2. The maximum Gasteiger partial charge on any atom is 0.228 e. The lowest BCUT2D eigenvalue weighted by Gasteiger charge is -2.09. The van der Waals surface area contributed by atoms with Gasteiger partial charge in [0.25, 0.3) is 0 Å². The fourth-order valence-corrected chi connectivity index (χ4v) is 3.74. The molecule has 106 valence electrons. The molecule has 0 aromatic heterocycles. The summed E-state index contributed by atoms with van der Waals surface area (Å²) in [5, 5.41) is 6.62. The zero-order valence-corrected chi connectivity index (χ0v) is 11.8. The molecule has 3 fully saturated rings. The van der Waals surface area contributed by atoms with E-state index in [-0.39, 0.29) is 5.91 Å². The highest BCUT2D eigenvalue weighted by Gasteiger charge is 2.56. The third kappa shape index (κ3) is 2.47. The normalized spacial score (nSPS) is 30.9. The summed E-state index contributed by atoms with van der Waals surface area (Å²) in [5.74, 6) is 1.92. The summed E-state index contributed by atoms with van der Waals surface area (Å²) in [5.41, 5.74) is 2.21. The molecule has 2 N–H and O–H groups in total. The summed E-state index contributed by atoms with van der Waals surface area (Å²) in [6, 6.07) is 8.98. The summed E-state index contributed by atoms with van der Waals surface area (Å²) < 4.78 is 0. The fourth-order valence-electron chi connectivity index (χ4n) is 3.74. The molecule has 2 unspecified atom stereocenters. The van der Waals surface area contributed by atoms with E-state index >= 15 is 0 Å². The van der Waals surface area contributed by atoms with Crippen LogP contribution in [-0.2, 0) is 11.3 Å². The molecule has 0 radical (unpaired) electrons. The Bertz CT molecular complexity index is 513. The van der Waals surface area contributed by atoms with Crippen LogP contribution in [-0.4, -0.2) is 11.9 Å². The van der Waals surface area contributed by atoms with Crippen LogP contribution in [0.1, 0.15) is 37.7 Å². The Kier molecular flexibility index (Phi) is 3.03. The Morgan fingerprint density at radius 1 is 1.15 bits per heavy atom. The fraction of sp³-hybridized carbons (Fsp3) is 0.588. The van der Waals surface area contributed by atoms with Crippen LogP contribution in [0.2, 0.25) is 0 Å². The minimum absolute atomic E-state index is 0.243. The van der Waals surface area contributed by atoms with Crippen LogP contribution in [0.25, 0.3) is 0 Å². The van der Waals surface area contributed by atoms with Crippen LogP contribution in [0.4, 0.5) is 5.69 Å². The lowest BCUT2D eigenvalue weighted by Crippen LogP contribution is -2.18. The van der Waals surface area contributed by atoms with Crippen molar-refractivity contribution in [1.29, 1.82) is 0 Å². The van der Waals surface area contributed by atoms with Crippen molar-refractivity contribution in [3.63, 3.8) is 0 Å². The first kappa shape index (κ1) is 12.4. The van der Waals surface area contributed by atoms with Gasteiger partial charge in [-0.3, -0.25) is 4.79 Å². The average molecular weight is 270 g/mol. The van der Waals surface area contributed by atoms with Gasteiger partial charge in [-0.15, -0.1) is 0 Å². The Labute approximate surface area is 120 Å². The van der Waals surface area contributed by atoms with Gasteiger partial charge in [0, 0.05) is 24.2 Å². The molecule has 3 aliphatic carbocycles. The molecule has 2 atom stereocenters. The van der Waals surface area contributed by atoms with E-state index in [1.54, 1.807) is 0 Å². The number of fused-ring (bicyclic) bond motifs is 1. The number of anilines is 1. The van der Waals surface area contributed by atoms with Crippen molar-refractivity contribution in [2.45, 2.75) is 44.7 Å². The molecule has 3 nitrogen and oxygen atoms in total. The van der Waals surface area contributed by atoms with Crippen molar-refractivity contribution in [3.05, 3.63) is 29.8 Å². The van der Waals surface area contributed by atoms with Gasteiger partial charge in [-0.1, -0.05) is 18.6 Å². The smallest absolute Gasteiger partial charge is 0.228 e. The quantitative estimate of drug-likeness (QED) is 0.863. The van der Waals surface area contributed by atoms with Crippen LogP contribution < -0.4 is 10.6 Å². The molecule has 0 bridgehead atoms. The molecular formula is C17H22N2O. The number of hydrogen-bond donors (Lipinski definition) is 2. The van der Waals surface area contributed by atoms with E-state index in [0.717, 1.165) is 18.3 Å². The number of nitrogens with one attached hydrogen (secondary N) is 2. The SMILES string of the molecule is O=C(Nc1cccc(CNC2CC2)c1)C1C2CCCC21. The van der Waals surface area contributed by atoms with Crippen molar-refractivity contribution in [2.75, 3.05) is 5.32 Å². The van der Waals surface area contributed by atoms with Gasteiger partial charge in [-0.05, 0) is 55.2 Å². The van der Waals surface area contributed by atoms with Crippen molar-refractivity contribution in [1.82, 2.24) is 5.32 Å². The molecular weight excluding hydrogens is 248 g/mol. The second-order valence-corrected chi connectivity index (χ2v) is 6.63. The first-order valence-corrected chi connectivity index (χ1v) is 7.94. The molecule has 0 heterocycles. The highest BCUT2D eigenvalue weighted by molar-refractivity contribution is 5.95. The van der Waals surface area contributed by atoms with Crippen LogP contribution >= 0.6 is 0 Å². The number of benzene rings is 1. The molecule has 3 heteroatoms. The van der Waals surface area contributed by atoms with E-state index in [9.17, 15) is 4.79 Å². The Balaban J connectivity index is 1.35. The summed E-state index contributed by atoms with van der Waals surface area (Å²) in [7, 11) is 0. The Hall–Kier alpha value is -1.35. The second-order valence-electron chi connectivity index (χ2n) is 6.63.